The number of fused-ring (bicyclic) bond motifs is 1. The molecule has 8 nitrogen and oxygen atoms in total. The summed E-state index contributed by atoms with van der Waals surface area (Å²) in [6.07, 6.45) is 9.26. The molecular formula is C20H16F2N6O2S. The molecule has 31 heavy (non-hydrogen) atoms. The van der Waals surface area contributed by atoms with Gasteiger partial charge in [-0.15, -0.1) is 0 Å². The van der Waals surface area contributed by atoms with Gasteiger partial charge in [0, 0.05) is 11.9 Å². The molecule has 1 N–H and O–H groups in total. The number of hydrogen-bond acceptors (Lipinski definition) is 6. The van der Waals surface area contributed by atoms with E-state index in [1.807, 2.05) is 35.9 Å². The number of nitrogens with zero attached hydrogens (tertiary/aromatic N) is 5. The summed E-state index contributed by atoms with van der Waals surface area (Å²) in [7, 11) is -4.21. The number of pyridine rings is 1. The van der Waals surface area contributed by atoms with E-state index in [0.29, 0.717) is 16.7 Å². The Morgan fingerprint density at radius 3 is 2.42 bits per heavy atom. The highest BCUT2D eigenvalue weighted by Crippen LogP contribution is 2.35. The van der Waals surface area contributed by atoms with Gasteiger partial charge in [-0.1, -0.05) is 6.08 Å². The molecule has 11 heteroatoms. The van der Waals surface area contributed by atoms with Crippen molar-refractivity contribution in [1.29, 1.82) is 5.26 Å². The molecule has 0 saturated carbocycles. The van der Waals surface area contributed by atoms with Crippen molar-refractivity contribution in [3.05, 3.63) is 54.0 Å². The average molecular weight is 442 g/mol. The summed E-state index contributed by atoms with van der Waals surface area (Å²) >= 11 is 0. The molecule has 0 fully saturated rings. The number of aromatic nitrogens is 4. The van der Waals surface area contributed by atoms with Gasteiger partial charge in [0.1, 0.15) is 41.1 Å². The first kappa shape index (κ1) is 20.8. The average Bonchev–Trinajstić information content (AvgIpc) is 3.04. The summed E-state index contributed by atoms with van der Waals surface area (Å²) in [5.74, 6) is 0.111. The molecule has 158 valence electrons. The van der Waals surface area contributed by atoms with Crippen molar-refractivity contribution in [2.24, 2.45) is 0 Å². The van der Waals surface area contributed by atoms with Crippen LogP contribution < -0.4 is 4.72 Å². The minimum Gasteiger partial charge on any atom is -0.304 e. The van der Waals surface area contributed by atoms with Crippen LogP contribution in [-0.4, -0.2) is 47.3 Å². The third-order valence-corrected chi connectivity index (χ3v) is 6.17. The molecule has 0 aromatic carbocycles. The van der Waals surface area contributed by atoms with Crippen molar-refractivity contribution in [2.75, 3.05) is 13.3 Å². The van der Waals surface area contributed by atoms with Gasteiger partial charge in [-0.05, 0) is 30.7 Å². The Balaban J connectivity index is 1.84. The topological polar surface area (TPSA) is 114 Å². The van der Waals surface area contributed by atoms with Crippen molar-refractivity contribution in [3.63, 3.8) is 0 Å². The maximum absolute atomic E-state index is 12.7. The zero-order valence-corrected chi connectivity index (χ0v) is 17.1. The molecule has 1 aliphatic carbocycles. The zero-order chi connectivity index (χ0) is 22.2. The quantitative estimate of drug-likeness (QED) is 0.602. The predicted molar refractivity (Wildman–Crippen MR) is 110 cm³/mol. The van der Waals surface area contributed by atoms with Crippen molar-refractivity contribution in [3.8, 4) is 17.6 Å². The molecule has 0 atom stereocenters. The molecule has 0 saturated heterocycles. The summed E-state index contributed by atoms with van der Waals surface area (Å²) in [5, 5.41) is 9.80. The second-order valence-electron chi connectivity index (χ2n) is 6.87. The van der Waals surface area contributed by atoms with Gasteiger partial charge in [0.2, 0.25) is 10.0 Å². The fourth-order valence-electron chi connectivity index (χ4n) is 3.15. The molecule has 3 aromatic heterocycles. The van der Waals surface area contributed by atoms with Crippen LogP contribution in [-0.2, 0) is 10.0 Å². The third kappa shape index (κ3) is 3.60. The second kappa shape index (κ2) is 7.98. The predicted octanol–water partition coefficient (Wildman–Crippen LogP) is 2.67. The number of sulfonamides is 1. The Morgan fingerprint density at radius 1 is 1.19 bits per heavy atom. The fourth-order valence-corrected chi connectivity index (χ4v) is 4.23. The highest BCUT2D eigenvalue weighted by atomic mass is 32.2. The van der Waals surface area contributed by atoms with Crippen molar-refractivity contribution in [1.82, 2.24) is 24.2 Å². The van der Waals surface area contributed by atoms with E-state index in [2.05, 4.69) is 21.0 Å². The molecule has 1 aliphatic rings. The van der Waals surface area contributed by atoms with Crippen LogP contribution in [0.25, 0.3) is 28.2 Å². The molecule has 0 amide bonds. The molecule has 0 spiro atoms. The number of halogens is 2. The lowest BCUT2D eigenvalue weighted by Crippen LogP contribution is -2.38. The molecule has 0 aliphatic heterocycles. The van der Waals surface area contributed by atoms with Crippen LogP contribution >= 0.6 is 0 Å². The minimum atomic E-state index is -4.21. The standard InChI is InChI=1S/C20H16F2N6O2S/c1-12-5-17-18(24-9-12)16(8-23)19(28(17)14-3-2-4-14)20-25-10-15(11-26-20)31(29,30)27-13(6-21)7-22/h2-5,9-11,13,27H,6-7H2,1H3. The van der Waals surface area contributed by atoms with E-state index in [-0.39, 0.29) is 16.3 Å². The van der Waals surface area contributed by atoms with E-state index in [1.165, 1.54) is 0 Å². The minimum absolute atomic E-state index is 0.111. The van der Waals surface area contributed by atoms with Crippen LogP contribution in [0.3, 0.4) is 0 Å². The number of nitriles is 1. The van der Waals surface area contributed by atoms with Gasteiger partial charge in [0.25, 0.3) is 0 Å². The molecule has 4 rings (SSSR count). The summed E-state index contributed by atoms with van der Waals surface area (Å²) < 4.78 is 53.8. The largest absolute Gasteiger partial charge is 0.304 e. The van der Waals surface area contributed by atoms with Crippen molar-refractivity contribution in [2.45, 2.75) is 17.9 Å². The van der Waals surface area contributed by atoms with Crippen LogP contribution in [0.2, 0.25) is 0 Å². The Hall–Kier alpha value is -3.49. The summed E-state index contributed by atoms with van der Waals surface area (Å²) in [6.45, 7) is -0.490. The van der Waals surface area contributed by atoms with Crippen molar-refractivity contribution < 1.29 is 17.2 Å². The molecule has 0 radical (unpaired) electrons. The Bertz CT molecular complexity index is 1370. The number of hydrogen-bond donors (Lipinski definition) is 1. The van der Waals surface area contributed by atoms with Crippen LogP contribution in [0.15, 0.2) is 47.8 Å². The normalized spacial score (nSPS) is 13.3. The SMILES string of the molecule is Cc1cnc2c(C#N)c(-c3ncc(S(=O)(=O)NC(CF)CF)cn3)n(C3=CC=C3)c2c1. The first-order chi connectivity index (χ1) is 14.9. The van der Waals surface area contributed by atoms with Crippen LogP contribution in [0.5, 0.6) is 0 Å². The molecule has 0 unspecified atom stereocenters. The van der Waals surface area contributed by atoms with E-state index < -0.39 is 29.4 Å². The van der Waals surface area contributed by atoms with Crippen molar-refractivity contribution >= 4 is 26.8 Å². The van der Waals surface area contributed by atoms with Gasteiger partial charge < -0.3 is 4.57 Å². The molecule has 0 bridgehead atoms. The van der Waals surface area contributed by atoms with Crippen LogP contribution in [0.1, 0.15) is 11.1 Å². The fraction of sp³-hybridized carbons (Fsp3) is 0.200. The Morgan fingerprint density at radius 2 is 1.87 bits per heavy atom. The van der Waals surface area contributed by atoms with Gasteiger partial charge in [-0.25, -0.2) is 31.9 Å². The summed E-state index contributed by atoms with van der Waals surface area (Å²) in [6, 6.07) is 2.54. The highest BCUT2D eigenvalue weighted by molar-refractivity contribution is 7.89. The van der Waals surface area contributed by atoms with Crippen LogP contribution in [0, 0.1) is 18.3 Å². The number of allylic oxidation sites excluding steroid dienone is 4. The Labute approximate surface area is 176 Å². The molecule has 3 heterocycles. The Kier molecular flexibility index (Phi) is 5.34. The smallest absolute Gasteiger partial charge is 0.244 e. The monoisotopic (exact) mass is 442 g/mol. The highest BCUT2D eigenvalue weighted by Gasteiger charge is 2.26. The lowest BCUT2D eigenvalue weighted by molar-refractivity contribution is 0.334. The summed E-state index contributed by atoms with van der Waals surface area (Å²) in [5.41, 5.74) is 3.48. The zero-order valence-electron chi connectivity index (χ0n) is 16.2. The maximum Gasteiger partial charge on any atom is 0.244 e. The lowest BCUT2D eigenvalue weighted by Gasteiger charge is -2.15. The first-order valence-electron chi connectivity index (χ1n) is 9.16. The summed E-state index contributed by atoms with van der Waals surface area (Å²) in [4.78, 5) is 12.3. The molecule has 3 aromatic rings. The van der Waals surface area contributed by atoms with Gasteiger partial charge >= 0.3 is 0 Å². The van der Waals surface area contributed by atoms with Gasteiger partial charge in [-0.2, -0.15) is 5.26 Å². The number of alkyl halides is 2. The van der Waals surface area contributed by atoms with E-state index in [9.17, 15) is 22.5 Å². The molecular weight excluding hydrogens is 426 g/mol. The maximum atomic E-state index is 12.7. The van der Waals surface area contributed by atoms with E-state index in [4.69, 9.17) is 0 Å². The lowest BCUT2D eigenvalue weighted by atomic mass is 10.2. The third-order valence-electron chi connectivity index (χ3n) is 4.69. The number of rotatable bonds is 7. The second-order valence-corrected chi connectivity index (χ2v) is 8.59. The van der Waals surface area contributed by atoms with Crippen LogP contribution in [0.4, 0.5) is 8.78 Å². The number of aryl methyl sites for hydroxylation is 1. The number of nitrogens with one attached hydrogen (secondary N) is 1. The first-order valence-corrected chi connectivity index (χ1v) is 10.6. The van der Waals surface area contributed by atoms with Gasteiger partial charge in [0.05, 0.1) is 24.0 Å². The van der Waals surface area contributed by atoms with E-state index in [0.717, 1.165) is 23.7 Å². The van der Waals surface area contributed by atoms with E-state index in [1.54, 1.807) is 10.8 Å². The van der Waals surface area contributed by atoms with Gasteiger partial charge in [-0.3, -0.25) is 4.98 Å². The van der Waals surface area contributed by atoms with Gasteiger partial charge in [0.15, 0.2) is 5.82 Å². The van der Waals surface area contributed by atoms with E-state index >= 15 is 0 Å².